The number of allylic oxidation sites excluding steroid dienone is 6. The number of nitrogens with one attached hydrogen (secondary N) is 1. The number of oxazole rings is 1. The third-order valence-electron chi connectivity index (χ3n) is 14.1. The first-order chi connectivity index (χ1) is 33.0. The Morgan fingerprint density at radius 1 is 1.06 bits per heavy atom. The van der Waals surface area contributed by atoms with Crippen molar-refractivity contribution in [1.29, 1.82) is 0 Å². The lowest BCUT2D eigenvalue weighted by Gasteiger charge is -2.50. The summed E-state index contributed by atoms with van der Waals surface area (Å²) in [7, 11) is 1.10. The van der Waals surface area contributed by atoms with Crippen molar-refractivity contribution in [3.05, 3.63) is 71.0 Å². The molecule has 15 atom stereocenters. The van der Waals surface area contributed by atoms with E-state index in [0.717, 1.165) is 11.1 Å². The van der Waals surface area contributed by atoms with Gasteiger partial charge in [0.1, 0.15) is 30.3 Å². The van der Waals surface area contributed by atoms with E-state index in [0.29, 0.717) is 23.6 Å². The summed E-state index contributed by atoms with van der Waals surface area (Å²) in [6.07, 6.45) is 3.69. The van der Waals surface area contributed by atoms with Crippen molar-refractivity contribution in [2.75, 3.05) is 41.5 Å². The quantitative estimate of drug-likeness (QED) is 0.0345. The fraction of sp³-hybridized carbons (Fsp3) is 0.700. The first-order valence-electron chi connectivity index (χ1n) is 24.1. The Labute approximate surface area is 419 Å². The van der Waals surface area contributed by atoms with E-state index in [4.69, 9.17) is 33.6 Å². The van der Waals surface area contributed by atoms with Gasteiger partial charge in [-0.1, -0.05) is 77.5 Å². The lowest BCUT2D eigenvalue weighted by Crippen LogP contribution is -2.58. The van der Waals surface area contributed by atoms with Gasteiger partial charge in [0, 0.05) is 68.8 Å². The van der Waals surface area contributed by atoms with Gasteiger partial charge in [0.05, 0.1) is 43.2 Å². The molecule has 3 heterocycles. The normalized spacial score (nSPS) is 27.5. The molecule has 404 valence electrons. The molecule has 2 aliphatic heterocycles. The summed E-state index contributed by atoms with van der Waals surface area (Å²) in [6, 6.07) is -0.597. The van der Waals surface area contributed by atoms with E-state index in [1.807, 2.05) is 46.8 Å². The summed E-state index contributed by atoms with van der Waals surface area (Å²) in [6.45, 7) is 16.4. The van der Waals surface area contributed by atoms with Crippen LogP contribution in [0.2, 0.25) is 0 Å². The van der Waals surface area contributed by atoms with E-state index >= 15 is 0 Å². The van der Waals surface area contributed by atoms with Crippen LogP contribution in [0.3, 0.4) is 0 Å². The van der Waals surface area contributed by atoms with E-state index in [1.165, 1.54) is 26.6 Å². The predicted octanol–water partition coefficient (Wildman–Crippen LogP) is 3.65. The van der Waals surface area contributed by atoms with Gasteiger partial charge in [-0.2, -0.15) is 0 Å². The van der Waals surface area contributed by atoms with Crippen molar-refractivity contribution >= 4 is 25.7 Å². The Bertz CT molecular complexity index is 2080. The maximum absolute atomic E-state index is 12.6. The number of phosphoric ester groups is 1. The monoisotopic (exact) mass is 1030 g/mol. The number of aliphatic hydroxyl groups is 5. The second-order valence-corrected chi connectivity index (χ2v) is 21.3. The SMILES string of the molecule is COC[C@@H]([C@H](O)[C@H](O)C(=O)NCC[C@H](C)c1nc(/C=C/C[C@H]2OC3(C[C@@H](O)[C@@H]2C)O[C@H]([C@H](C[C@H](O)[C@H](C)[C@H](O)[C@H](C)\C=C(C)/C(C)=C/C=C/C(C)=C\C(N)=O)OC)[C@H](OP(=O)(O)O)C3(C)C)co1)N(C)C. The van der Waals surface area contributed by atoms with Crippen LogP contribution in [0.5, 0.6) is 0 Å². The smallest absolute Gasteiger partial charge is 0.448 e. The molecule has 0 aliphatic carbocycles. The number of hydrogen-bond donors (Lipinski definition) is 9. The molecule has 1 aromatic heterocycles. The molecule has 2 saturated heterocycles. The molecule has 0 radical (unpaired) electrons. The number of ether oxygens (including phenoxy) is 4. The number of likely N-dealkylation sites (N-methyl/N-ethyl adjacent to an activating group) is 1. The van der Waals surface area contributed by atoms with Gasteiger partial charge in [-0.05, 0) is 64.9 Å². The second-order valence-electron chi connectivity index (χ2n) is 20.1. The minimum atomic E-state index is -5.16. The molecule has 1 aromatic rings. The average molecular weight is 1030 g/mol. The molecular weight excluding hydrogens is 944 g/mol. The zero-order chi connectivity index (χ0) is 53.8. The van der Waals surface area contributed by atoms with Gasteiger partial charge in [-0.15, -0.1) is 0 Å². The second kappa shape index (κ2) is 27.2. The highest BCUT2D eigenvalue weighted by molar-refractivity contribution is 7.46. The van der Waals surface area contributed by atoms with Crippen LogP contribution in [0.15, 0.2) is 63.9 Å². The molecular formula is C50H83N4O16P. The molecule has 2 amide bonds. The van der Waals surface area contributed by atoms with E-state index in [-0.39, 0.29) is 38.3 Å². The highest BCUT2D eigenvalue weighted by atomic mass is 31.2. The van der Waals surface area contributed by atoms with Crippen molar-refractivity contribution < 1.29 is 77.4 Å². The fourth-order valence-corrected chi connectivity index (χ4v) is 9.77. The molecule has 0 bridgehead atoms. The first-order valence-corrected chi connectivity index (χ1v) is 25.6. The van der Waals surface area contributed by atoms with Crippen molar-refractivity contribution in [2.24, 2.45) is 28.9 Å². The van der Waals surface area contributed by atoms with Gasteiger partial charge in [0.2, 0.25) is 5.91 Å². The fourth-order valence-electron chi connectivity index (χ4n) is 9.09. The Hall–Kier alpha value is -3.44. The van der Waals surface area contributed by atoms with Gasteiger partial charge in [-0.25, -0.2) is 9.55 Å². The minimum absolute atomic E-state index is 0.0709. The number of nitrogens with zero attached hydrogens (tertiary/aromatic N) is 2. The summed E-state index contributed by atoms with van der Waals surface area (Å²) >= 11 is 0. The zero-order valence-electron chi connectivity index (χ0n) is 43.7. The number of methoxy groups -OCH3 is 2. The molecule has 1 spiro atoms. The Morgan fingerprint density at radius 2 is 1.72 bits per heavy atom. The Balaban J connectivity index is 1.74. The van der Waals surface area contributed by atoms with Crippen LogP contribution in [0.1, 0.15) is 105 Å². The van der Waals surface area contributed by atoms with Gasteiger partial charge in [0.25, 0.3) is 5.91 Å². The van der Waals surface area contributed by atoms with Gasteiger partial charge >= 0.3 is 7.82 Å². The highest BCUT2D eigenvalue weighted by Crippen LogP contribution is 2.59. The van der Waals surface area contributed by atoms with E-state index < -0.39 is 110 Å². The number of primary amides is 1. The lowest BCUT2D eigenvalue weighted by atomic mass is 9.72. The Morgan fingerprint density at radius 3 is 2.31 bits per heavy atom. The van der Waals surface area contributed by atoms with Crippen LogP contribution in [0.25, 0.3) is 6.08 Å². The molecule has 2 fully saturated rings. The molecule has 0 saturated carbocycles. The number of amides is 2. The molecule has 21 heteroatoms. The van der Waals surface area contributed by atoms with Crippen LogP contribution in [-0.4, -0.2) is 165 Å². The molecule has 2 aliphatic rings. The van der Waals surface area contributed by atoms with Crippen LogP contribution in [0.4, 0.5) is 0 Å². The molecule has 71 heavy (non-hydrogen) atoms. The molecule has 1 unspecified atom stereocenters. The number of carbonyl (C=O) groups is 2. The number of carbonyl (C=O) groups excluding carboxylic acids is 2. The van der Waals surface area contributed by atoms with Crippen molar-refractivity contribution in [3.8, 4) is 0 Å². The van der Waals surface area contributed by atoms with Crippen molar-refractivity contribution in [1.82, 2.24) is 15.2 Å². The molecule has 0 aromatic carbocycles. The van der Waals surface area contributed by atoms with Crippen LogP contribution in [-0.2, 0) is 37.6 Å². The maximum Gasteiger partial charge on any atom is 0.469 e. The maximum atomic E-state index is 12.6. The summed E-state index contributed by atoms with van der Waals surface area (Å²) in [5.74, 6) is -4.23. The third-order valence-corrected chi connectivity index (χ3v) is 14.6. The number of phosphoric acid groups is 1. The van der Waals surface area contributed by atoms with Crippen molar-refractivity contribution in [3.63, 3.8) is 0 Å². The molecule has 10 N–H and O–H groups in total. The number of hydrogen-bond acceptors (Lipinski definition) is 16. The number of nitrogens with two attached hydrogens (primary N) is 1. The molecule has 20 nitrogen and oxygen atoms in total. The summed E-state index contributed by atoms with van der Waals surface area (Å²) < 4.78 is 48.2. The summed E-state index contributed by atoms with van der Waals surface area (Å²) in [5.41, 5.74) is 6.90. The average Bonchev–Trinajstić information content (AvgIpc) is 3.83. The van der Waals surface area contributed by atoms with E-state index in [9.17, 15) is 49.5 Å². The predicted molar refractivity (Wildman–Crippen MR) is 266 cm³/mol. The number of rotatable bonds is 27. The number of aliphatic hydroxyl groups excluding tert-OH is 5. The summed E-state index contributed by atoms with van der Waals surface area (Å²) in [4.78, 5) is 50.4. The van der Waals surface area contributed by atoms with Gasteiger partial charge < -0.3 is 74.6 Å². The largest absolute Gasteiger partial charge is 0.469 e. The minimum Gasteiger partial charge on any atom is -0.448 e. The number of aromatic nitrogens is 1. The van der Waals surface area contributed by atoms with E-state index in [1.54, 1.807) is 71.0 Å². The van der Waals surface area contributed by atoms with Crippen LogP contribution >= 0.6 is 7.82 Å². The third kappa shape index (κ3) is 17.0. The van der Waals surface area contributed by atoms with E-state index in [2.05, 4.69) is 10.3 Å². The first kappa shape index (κ1) is 61.9. The van der Waals surface area contributed by atoms with Gasteiger partial charge in [-0.3, -0.25) is 14.1 Å². The Kier molecular flexibility index (Phi) is 23.7. The highest BCUT2D eigenvalue weighted by Gasteiger charge is 2.68. The van der Waals surface area contributed by atoms with Crippen molar-refractivity contribution in [2.45, 2.75) is 161 Å². The summed E-state index contributed by atoms with van der Waals surface area (Å²) in [5, 5.41) is 58.3. The van der Waals surface area contributed by atoms with Crippen LogP contribution in [0, 0.1) is 23.2 Å². The topological polar surface area (TPSA) is 306 Å². The lowest BCUT2D eigenvalue weighted by molar-refractivity contribution is -0.334. The standard InChI is InChI=1S/C50H83N4O16P/c1-28(22-41(51)57)16-14-17-29(2)31(4)23-32(5)42(58)34(7)37(55)24-40(66-13)45-46(70-71(62,63)64)49(8,9)50(69-45)25-38(56)33(6)39(68-50)19-15-18-35-26-67-48(53-35)30(3)20-21-52-47(61)44(60)43(59)36(27-65-12)54(10)11/h14-18,22-23,26,30,32-34,36-40,42-46,55-56,58-60H,19-21,24-25,27H2,1-13H3,(H2,51,57)(H,52,61)(H2,62,63,64)/b16-14+,18-15+,28-22-,29-17+,31-23-/t30-,32+,33-,34-,36-,37-,38+,39+,40-,42+,43-,44-,45+,46-,50?/m0/s1. The van der Waals surface area contributed by atoms with Crippen LogP contribution < -0.4 is 11.1 Å². The molecule has 3 rings (SSSR count). The zero-order valence-corrected chi connectivity index (χ0v) is 44.6. The van der Waals surface area contributed by atoms with Gasteiger partial charge in [0.15, 0.2) is 17.8 Å².